The Labute approximate surface area is 339 Å². The normalized spacial score (nSPS) is 12.7. The van der Waals surface area contributed by atoms with Crippen LogP contribution in [0.2, 0.25) is 0 Å². The van der Waals surface area contributed by atoms with Crippen LogP contribution in [0.5, 0.6) is 0 Å². The number of hydrazine groups is 1. The van der Waals surface area contributed by atoms with E-state index in [1.165, 1.54) is 7.05 Å². The van der Waals surface area contributed by atoms with E-state index in [4.69, 9.17) is 15.2 Å². The van der Waals surface area contributed by atoms with Gasteiger partial charge in [0.1, 0.15) is 18.1 Å². The molecule has 0 aliphatic heterocycles. The van der Waals surface area contributed by atoms with Crippen molar-refractivity contribution in [2.24, 2.45) is 11.7 Å². The Morgan fingerprint density at radius 3 is 2.12 bits per heavy atom. The van der Waals surface area contributed by atoms with E-state index in [-0.39, 0.29) is 83.4 Å². The van der Waals surface area contributed by atoms with Gasteiger partial charge in [-0.05, 0) is 49.7 Å². The first kappa shape index (κ1) is 48.8. The Balaban J connectivity index is 1.74. The van der Waals surface area contributed by atoms with Crippen molar-refractivity contribution in [3.05, 3.63) is 36.0 Å². The zero-order valence-electron chi connectivity index (χ0n) is 34.2. The quantitative estimate of drug-likeness (QED) is 0.0365. The molecular formula is C38H62N10O10. The van der Waals surface area contributed by atoms with E-state index in [1.54, 1.807) is 13.8 Å². The van der Waals surface area contributed by atoms with E-state index in [0.29, 0.717) is 19.5 Å². The molecule has 7 amide bonds. The molecule has 324 valence electrons. The van der Waals surface area contributed by atoms with Crippen molar-refractivity contribution in [2.75, 3.05) is 60.7 Å². The molecule has 1 aromatic carbocycles. The van der Waals surface area contributed by atoms with E-state index >= 15 is 0 Å². The highest BCUT2D eigenvalue weighted by Gasteiger charge is 2.28. The molecule has 0 radical (unpaired) electrons. The molecule has 0 spiro atoms. The van der Waals surface area contributed by atoms with Crippen LogP contribution in [-0.4, -0.2) is 135 Å². The van der Waals surface area contributed by atoms with E-state index in [0.717, 1.165) is 16.6 Å². The largest absolute Gasteiger partial charge is 0.481 e. The average Bonchev–Trinajstić information content (AvgIpc) is 3.53. The molecule has 2 aromatic rings. The maximum Gasteiger partial charge on any atom is 0.312 e. The van der Waals surface area contributed by atoms with Gasteiger partial charge in [-0.15, -0.1) is 0 Å². The Kier molecular flexibility index (Phi) is 22.4. The highest BCUT2D eigenvalue weighted by molar-refractivity contribution is 5.92. The molecule has 1 heterocycles. The topological polar surface area (TPSA) is 277 Å². The molecule has 58 heavy (non-hydrogen) atoms. The summed E-state index contributed by atoms with van der Waals surface area (Å²) in [6.45, 7) is 5.26. The number of primary amides is 1. The Bertz CT molecular complexity index is 1650. The lowest BCUT2D eigenvalue weighted by Gasteiger charge is -2.25. The predicted octanol–water partition coefficient (Wildman–Crippen LogP) is -0.693. The Morgan fingerprint density at radius 1 is 0.793 bits per heavy atom. The lowest BCUT2D eigenvalue weighted by molar-refractivity contribution is -0.138. The molecule has 0 fully saturated rings. The number of amides is 7. The fourth-order valence-electron chi connectivity index (χ4n) is 5.86. The summed E-state index contributed by atoms with van der Waals surface area (Å²) in [5.41, 5.74) is 10.1. The minimum atomic E-state index is -1.09. The van der Waals surface area contributed by atoms with Gasteiger partial charge in [-0.25, -0.2) is 9.80 Å². The number of nitrogens with zero attached hydrogens (tertiary/aromatic N) is 2. The van der Waals surface area contributed by atoms with E-state index in [2.05, 4.69) is 48.0 Å². The van der Waals surface area contributed by atoms with Crippen molar-refractivity contribution in [1.82, 2.24) is 46.9 Å². The van der Waals surface area contributed by atoms with Gasteiger partial charge in [-0.2, -0.15) is 0 Å². The number of fused-ring (bicyclic) bond motifs is 1. The number of hydrogen-bond acceptors (Lipinski definition) is 11. The lowest BCUT2D eigenvalue weighted by atomic mass is 10.0. The maximum atomic E-state index is 13.0. The molecule has 0 unspecified atom stereocenters. The zero-order valence-corrected chi connectivity index (χ0v) is 34.2. The van der Waals surface area contributed by atoms with Gasteiger partial charge < -0.3 is 56.8 Å². The van der Waals surface area contributed by atoms with Crippen LogP contribution < -0.4 is 43.1 Å². The highest BCUT2D eigenvalue weighted by atomic mass is 16.5. The molecule has 3 atom stereocenters. The molecule has 0 aliphatic rings. The highest BCUT2D eigenvalue weighted by Crippen LogP contribution is 2.21. The van der Waals surface area contributed by atoms with Gasteiger partial charge >= 0.3 is 12.0 Å². The summed E-state index contributed by atoms with van der Waals surface area (Å²) in [6, 6.07) is 6.40. The fraction of sp³-hybridized carbons (Fsp3) is 0.605. The SMILES string of the molecule is CNC(=O)[C@H](CCCNC(N)=O)NC(=O)[C@@H](NC(=O)CCOCCOCCNC(=O)[C@H](CCC(=O)O)NC(=O)CCn1c(CN(C)NC)cc2ccccc21)C(C)C. The molecule has 2 rings (SSSR count). The van der Waals surface area contributed by atoms with E-state index in [1.807, 2.05) is 43.4 Å². The van der Waals surface area contributed by atoms with Crippen LogP contribution in [0.15, 0.2) is 30.3 Å². The Hall–Kier alpha value is -5.31. The summed E-state index contributed by atoms with van der Waals surface area (Å²) in [7, 11) is 5.17. The van der Waals surface area contributed by atoms with Crippen LogP contribution in [0, 0.1) is 5.92 Å². The number of nitrogens with two attached hydrogens (primary N) is 1. The molecule has 20 heteroatoms. The van der Waals surface area contributed by atoms with Crippen molar-refractivity contribution in [3.8, 4) is 0 Å². The number of carboxylic acid groups (broad SMARTS) is 1. The number of hydrogen-bond donors (Lipinski definition) is 9. The second-order valence-electron chi connectivity index (χ2n) is 13.9. The van der Waals surface area contributed by atoms with Crippen molar-refractivity contribution < 1.29 is 48.1 Å². The van der Waals surface area contributed by atoms with Gasteiger partial charge in [0.2, 0.25) is 29.5 Å². The second-order valence-corrected chi connectivity index (χ2v) is 13.9. The summed E-state index contributed by atoms with van der Waals surface area (Å²) in [5, 5.41) is 27.8. The van der Waals surface area contributed by atoms with Gasteiger partial charge in [-0.3, -0.25) is 34.2 Å². The summed E-state index contributed by atoms with van der Waals surface area (Å²) in [5.74, 6) is -3.67. The second kappa shape index (κ2) is 26.6. The van der Waals surface area contributed by atoms with E-state index in [9.17, 15) is 38.7 Å². The van der Waals surface area contributed by atoms with Crippen molar-refractivity contribution in [2.45, 2.75) is 83.6 Å². The van der Waals surface area contributed by atoms with Gasteiger partial charge in [0.25, 0.3) is 0 Å². The summed E-state index contributed by atoms with van der Waals surface area (Å²) in [4.78, 5) is 86.1. The number of aryl methyl sites for hydroxylation is 1. The number of urea groups is 1. The number of nitrogens with one attached hydrogen (secondary N) is 7. The van der Waals surface area contributed by atoms with Crippen molar-refractivity contribution in [1.29, 1.82) is 0 Å². The van der Waals surface area contributed by atoms with Crippen molar-refractivity contribution >= 4 is 52.4 Å². The number of carboxylic acids is 1. The van der Waals surface area contributed by atoms with Crippen LogP contribution in [0.4, 0.5) is 4.79 Å². The monoisotopic (exact) mass is 818 g/mol. The molecule has 0 saturated heterocycles. The van der Waals surface area contributed by atoms with Crippen LogP contribution in [0.1, 0.15) is 58.1 Å². The third kappa shape index (κ3) is 18.3. The number of aliphatic carboxylic acids is 1. The lowest BCUT2D eigenvalue weighted by Crippen LogP contribution is -2.55. The number of aromatic nitrogens is 1. The van der Waals surface area contributed by atoms with Gasteiger partial charge in [0.15, 0.2) is 0 Å². The van der Waals surface area contributed by atoms with Crippen LogP contribution in [0.25, 0.3) is 10.9 Å². The van der Waals surface area contributed by atoms with Gasteiger partial charge in [-0.1, -0.05) is 32.0 Å². The summed E-state index contributed by atoms with van der Waals surface area (Å²) >= 11 is 0. The number of carbonyl (C=O) groups is 7. The van der Waals surface area contributed by atoms with Crippen LogP contribution in [-0.2, 0) is 51.3 Å². The smallest absolute Gasteiger partial charge is 0.312 e. The number of rotatable bonds is 29. The number of para-hydroxylation sites is 1. The third-order valence-electron chi connectivity index (χ3n) is 9.04. The third-order valence-corrected chi connectivity index (χ3v) is 9.04. The number of carbonyl (C=O) groups excluding carboxylic acids is 6. The zero-order chi connectivity index (χ0) is 43.0. The maximum absolute atomic E-state index is 13.0. The number of ether oxygens (including phenoxy) is 2. The molecule has 20 nitrogen and oxygen atoms in total. The standard InChI is InChI=1S/C38H62N10O10/c1-25(2)34(37(55)45-28(35(53)40-3)10-8-16-43-38(39)56)46-32(50)15-19-57-21-22-58-20-17-42-36(54)29(12-13-33(51)52)44-31(49)14-18-48-27(24-47(5)41-4)23-26-9-6-7-11-30(26)48/h6-7,9,11,23,25,28-29,34,41H,8,10,12-22,24H2,1-5H3,(H,40,53)(H,42,54)(H,44,49)(H,45,55)(H,46,50)(H,51,52)(H3,39,43,56)/t28-,29-,34-/m0/s1. The van der Waals surface area contributed by atoms with Crippen molar-refractivity contribution in [3.63, 3.8) is 0 Å². The van der Waals surface area contributed by atoms with E-state index < -0.39 is 53.8 Å². The molecular weight excluding hydrogens is 756 g/mol. The van der Waals surface area contributed by atoms with Crippen LogP contribution >= 0.6 is 0 Å². The minimum Gasteiger partial charge on any atom is -0.481 e. The fourth-order valence-corrected chi connectivity index (χ4v) is 5.86. The average molecular weight is 819 g/mol. The van der Waals surface area contributed by atoms with Crippen LogP contribution in [0.3, 0.4) is 0 Å². The molecule has 0 aliphatic carbocycles. The number of benzene rings is 1. The molecule has 0 bridgehead atoms. The first-order valence-corrected chi connectivity index (χ1v) is 19.4. The number of likely N-dealkylation sites (N-methyl/N-ethyl adjacent to an activating group) is 1. The van der Waals surface area contributed by atoms with Gasteiger partial charge in [0.05, 0.1) is 33.0 Å². The summed E-state index contributed by atoms with van der Waals surface area (Å²) in [6.07, 6.45) is 0.263. The Morgan fingerprint density at radius 2 is 1.47 bits per heavy atom. The summed E-state index contributed by atoms with van der Waals surface area (Å²) < 4.78 is 13.0. The first-order valence-electron chi connectivity index (χ1n) is 19.4. The molecule has 1 aromatic heterocycles. The molecule has 0 saturated carbocycles. The molecule has 10 N–H and O–H groups in total. The predicted molar refractivity (Wildman–Crippen MR) is 215 cm³/mol. The minimum absolute atomic E-state index is 0.0372. The first-order chi connectivity index (χ1) is 27.7. The van der Waals surface area contributed by atoms with Gasteiger partial charge in [0, 0.05) is 64.2 Å².